The van der Waals surface area contributed by atoms with Crippen molar-refractivity contribution >= 4 is 33.4 Å². The Hall–Kier alpha value is -1.25. The van der Waals surface area contributed by atoms with Crippen molar-refractivity contribution in [2.75, 3.05) is 31.9 Å². The van der Waals surface area contributed by atoms with Crippen LogP contribution in [0.2, 0.25) is 0 Å². The first kappa shape index (κ1) is 21.1. The summed E-state index contributed by atoms with van der Waals surface area (Å²) >= 11 is 0. The van der Waals surface area contributed by atoms with Gasteiger partial charge in [0, 0.05) is 37.5 Å². The molecule has 1 atom stereocenters. The number of hydrogen-bond donors (Lipinski definition) is 2. The van der Waals surface area contributed by atoms with E-state index in [4.69, 9.17) is 0 Å². The Kier molecular flexibility index (Phi) is 9.87. The lowest BCUT2D eigenvalue weighted by atomic mass is 10.3. The molecule has 0 saturated carbocycles. The van der Waals surface area contributed by atoms with E-state index in [0.717, 1.165) is 30.2 Å². The van der Waals surface area contributed by atoms with Gasteiger partial charge in [0.05, 0.1) is 6.54 Å². The number of amides is 2. The molecule has 2 N–H and O–H groups in total. The zero-order chi connectivity index (χ0) is 18.6. The average Bonchev–Trinajstić information content (AvgIpc) is 2.64. The molecule has 0 aliphatic carbocycles. The fraction of sp³-hybridized carbons (Fsp3) is 0.611. The van der Waals surface area contributed by atoms with Crippen molar-refractivity contribution in [3.63, 3.8) is 0 Å². The molecule has 1 aliphatic rings. The Morgan fingerprint density at radius 2 is 2.08 bits per heavy atom. The molecule has 26 heavy (non-hydrogen) atoms. The lowest BCUT2D eigenvalue weighted by molar-refractivity contribution is -0.123. The molecule has 0 bridgehead atoms. The molecule has 0 radical (unpaired) electrons. The van der Waals surface area contributed by atoms with Crippen LogP contribution < -0.4 is 10.6 Å². The number of nitrogens with one attached hydrogen (secondary N) is 2. The topological polar surface area (TPSA) is 74.3 Å². The molecule has 144 valence electrons. The van der Waals surface area contributed by atoms with Crippen LogP contribution in [0.15, 0.2) is 29.4 Å². The number of piperidine rings is 1. The molecule has 0 spiro atoms. The van der Waals surface area contributed by atoms with Crippen LogP contribution in [0.25, 0.3) is 0 Å². The zero-order valence-electron chi connectivity index (χ0n) is 15.3. The standard InChI is InChI=1S/C18H28N4O2S2/c1-15-6-3-5-12-22(15)14-17(24)19-10-8-16(23)20-11-13-25-26-18-7-2-4-9-21-18/h2,4,7,9,15H,3,5-6,8,10-14H2,1H3,(H,19,24)(H,20,23)/t15-/m0/s1/i1+1,12+1,15+1,22+1. The van der Waals surface area contributed by atoms with Gasteiger partial charge >= 0.3 is 0 Å². The summed E-state index contributed by atoms with van der Waals surface area (Å²) in [5.41, 5.74) is 0. The SMILES string of the molecule is [13CH3][13C@H]1CCC[13CH2][15N]1CC(=O)NCCC(=O)NCCSSc1ccccn1. The van der Waals surface area contributed by atoms with Crippen LogP contribution >= 0.6 is 21.6 Å². The van der Waals surface area contributed by atoms with Crippen molar-refractivity contribution in [1.82, 2.24) is 20.5 Å². The first-order chi connectivity index (χ1) is 12.6. The van der Waals surface area contributed by atoms with Gasteiger partial charge in [-0.3, -0.25) is 14.5 Å². The van der Waals surface area contributed by atoms with Crippen LogP contribution in [0.5, 0.6) is 0 Å². The molecular formula is C18H28N4O2S2. The van der Waals surface area contributed by atoms with Gasteiger partial charge < -0.3 is 10.6 Å². The number of carbonyl (C=O) groups is 2. The fourth-order valence-corrected chi connectivity index (χ4v) is 4.55. The first-order valence-electron chi connectivity index (χ1n) is 9.13. The van der Waals surface area contributed by atoms with Gasteiger partial charge in [-0.1, -0.05) is 23.3 Å². The molecule has 1 aromatic heterocycles. The van der Waals surface area contributed by atoms with E-state index < -0.39 is 0 Å². The van der Waals surface area contributed by atoms with E-state index >= 15 is 0 Å². The number of nitrogens with zero attached hydrogens (tertiary/aromatic N) is 2. The molecule has 1 aromatic rings. The summed E-state index contributed by atoms with van der Waals surface area (Å²) in [5.74, 6) is 0.792. The van der Waals surface area contributed by atoms with E-state index in [1.54, 1.807) is 27.8 Å². The molecule has 1 saturated heterocycles. The summed E-state index contributed by atoms with van der Waals surface area (Å²) in [7, 11) is 3.26. The van der Waals surface area contributed by atoms with Crippen molar-refractivity contribution in [2.45, 2.75) is 43.7 Å². The van der Waals surface area contributed by atoms with Crippen molar-refractivity contribution in [3.05, 3.63) is 24.4 Å². The quantitative estimate of drug-likeness (QED) is 0.272. The second kappa shape index (κ2) is 12.2. The van der Waals surface area contributed by atoms with Crippen LogP contribution in [0, 0.1) is 0 Å². The lowest BCUT2D eigenvalue weighted by Gasteiger charge is -2.32. The minimum Gasteiger partial charge on any atom is -0.355 e. The number of rotatable bonds is 10. The second-order valence-electron chi connectivity index (χ2n) is 6.34. The molecule has 1 aliphatic heterocycles. The van der Waals surface area contributed by atoms with E-state index in [0.29, 0.717) is 32.1 Å². The molecule has 1 fully saturated rings. The van der Waals surface area contributed by atoms with Crippen LogP contribution in [0.4, 0.5) is 0 Å². The smallest absolute Gasteiger partial charge is 0.234 e. The average molecular weight is 401 g/mol. The van der Waals surface area contributed by atoms with Crippen LogP contribution in [-0.4, -0.2) is 59.7 Å². The first-order valence-corrected chi connectivity index (χ1v) is 11.4. The predicted molar refractivity (Wildman–Crippen MR) is 108 cm³/mol. The predicted octanol–water partition coefficient (Wildman–Crippen LogP) is 2.32. The molecule has 0 unspecified atom stereocenters. The molecule has 6 nitrogen and oxygen atoms in total. The van der Waals surface area contributed by atoms with Crippen molar-refractivity contribution in [2.24, 2.45) is 0 Å². The Morgan fingerprint density at radius 3 is 2.85 bits per heavy atom. The summed E-state index contributed by atoms with van der Waals surface area (Å²) in [6, 6.07) is 6.28. The van der Waals surface area contributed by atoms with Crippen molar-refractivity contribution < 1.29 is 9.59 Å². The van der Waals surface area contributed by atoms with Gasteiger partial charge in [0.1, 0.15) is 5.03 Å². The number of aromatic nitrogens is 1. The van der Waals surface area contributed by atoms with E-state index in [2.05, 4.69) is 27.4 Å². The Labute approximate surface area is 163 Å². The largest absolute Gasteiger partial charge is 0.355 e. The minimum atomic E-state index is -0.0277. The molecule has 2 heterocycles. The lowest BCUT2D eigenvalue weighted by Crippen LogP contribution is -2.44. The maximum atomic E-state index is 12.0. The van der Waals surface area contributed by atoms with Crippen molar-refractivity contribution in [3.8, 4) is 0 Å². The molecule has 0 aromatic carbocycles. The summed E-state index contributed by atoms with van der Waals surface area (Å²) in [6.07, 6.45) is 5.66. The van der Waals surface area contributed by atoms with Gasteiger partial charge in [-0.25, -0.2) is 4.98 Å². The monoisotopic (exact) mass is 400 g/mol. The third-order valence-electron chi connectivity index (χ3n) is 4.25. The highest BCUT2D eigenvalue weighted by atomic mass is 33.1. The minimum absolute atomic E-state index is 0.00821. The zero-order valence-corrected chi connectivity index (χ0v) is 16.9. The van der Waals surface area contributed by atoms with Gasteiger partial charge in [0.25, 0.3) is 0 Å². The molecule has 8 heteroatoms. The molecule has 2 rings (SSSR count). The molecular weight excluding hydrogens is 372 g/mol. The third kappa shape index (κ3) is 8.42. The van der Waals surface area contributed by atoms with Crippen LogP contribution in [0.1, 0.15) is 32.6 Å². The highest BCUT2D eigenvalue weighted by Gasteiger charge is 2.20. The van der Waals surface area contributed by atoms with E-state index in [1.165, 1.54) is 6.42 Å². The van der Waals surface area contributed by atoms with Gasteiger partial charge in [-0.05, 0) is 49.2 Å². The number of likely N-dealkylation sites (tertiary alicyclic amines) is 1. The second-order valence-corrected chi connectivity index (χ2v) is 8.77. The highest BCUT2D eigenvalue weighted by molar-refractivity contribution is 8.76. The highest BCUT2D eigenvalue weighted by Crippen LogP contribution is 2.28. The van der Waals surface area contributed by atoms with E-state index in [-0.39, 0.29) is 11.8 Å². The summed E-state index contributed by atoms with van der Waals surface area (Å²) in [6.45, 7) is 4.60. The number of hydrogen-bond acceptors (Lipinski definition) is 6. The van der Waals surface area contributed by atoms with E-state index in [9.17, 15) is 9.59 Å². The summed E-state index contributed by atoms with van der Waals surface area (Å²) in [4.78, 5) is 30.2. The maximum Gasteiger partial charge on any atom is 0.234 e. The van der Waals surface area contributed by atoms with E-state index in [1.807, 2.05) is 18.2 Å². The van der Waals surface area contributed by atoms with Gasteiger partial charge in [-0.15, -0.1) is 0 Å². The van der Waals surface area contributed by atoms with Gasteiger partial charge in [-0.2, -0.15) is 0 Å². The Balaban J connectivity index is 1.47. The number of carbonyl (C=O) groups excluding carboxylic acids is 2. The van der Waals surface area contributed by atoms with Crippen LogP contribution in [-0.2, 0) is 9.59 Å². The summed E-state index contributed by atoms with van der Waals surface area (Å²) in [5, 5.41) is 6.69. The number of pyridine rings is 1. The fourth-order valence-electron chi connectivity index (χ4n) is 2.77. The van der Waals surface area contributed by atoms with Gasteiger partial charge in [0.15, 0.2) is 0 Å². The molecule has 2 amide bonds. The maximum absolute atomic E-state index is 12.0. The Morgan fingerprint density at radius 1 is 1.23 bits per heavy atom. The summed E-state index contributed by atoms with van der Waals surface area (Å²) < 4.78 is 0. The normalized spacial score (nSPS) is 17.7. The van der Waals surface area contributed by atoms with Crippen molar-refractivity contribution in [1.29, 1.82) is 0 Å². The third-order valence-corrected chi connectivity index (χ3v) is 6.52. The Bertz CT molecular complexity index is 559. The van der Waals surface area contributed by atoms with Crippen LogP contribution in [0.3, 0.4) is 0 Å². The van der Waals surface area contributed by atoms with Gasteiger partial charge in [0.2, 0.25) is 11.8 Å².